The first-order valence-corrected chi connectivity index (χ1v) is 9.23. The second-order valence-electron chi connectivity index (χ2n) is 6.30. The van der Waals surface area contributed by atoms with E-state index in [2.05, 4.69) is 4.98 Å². The van der Waals surface area contributed by atoms with Gasteiger partial charge in [-0.05, 0) is 29.8 Å². The van der Waals surface area contributed by atoms with Crippen molar-refractivity contribution in [3.8, 4) is 0 Å². The summed E-state index contributed by atoms with van der Waals surface area (Å²) in [7, 11) is 1.56. The Balaban J connectivity index is 1.81. The molecule has 0 aliphatic heterocycles. The molecule has 2 aromatic carbocycles. The number of ether oxygens (including phenoxy) is 1. The second-order valence-corrected chi connectivity index (χ2v) is 6.74. The van der Waals surface area contributed by atoms with Crippen LogP contribution in [0.2, 0.25) is 5.02 Å². The summed E-state index contributed by atoms with van der Waals surface area (Å²) in [6.07, 6.45) is 3.53. The number of benzene rings is 2. The average molecular weight is 402 g/mol. The monoisotopic (exact) mass is 401 g/mol. The van der Waals surface area contributed by atoms with Gasteiger partial charge in [0.25, 0.3) is 5.91 Å². The number of halogens is 2. The largest absolute Gasteiger partial charge is 0.383 e. The number of imidazole rings is 1. The van der Waals surface area contributed by atoms with Crippen LogP contribution >= 0.6 is 11.6 Å². The molecule has 1 amide bonds. The van der Waals surface area contributed by atoms with E-state index >= 15 is 0 Å². The van der Waals surface area contributed by atoms with Crippen molar-refractivity contribution in [2.45, 2.75) is 13.1 Å². The van der Waals surface area contributed by atoms with Crippen molar-refractivity contribution in [3.05, 3.63) is 88.7 Å². The SMILES string of the molecule is COCCN(Cc1nccn1Cc1cccc(Cl)c1)C(=O)c1ccccc1F. The molecule has 0 fully saturated rings. The molecule has 28 heavy (non-hydrogen) atoms. The summed E-state index contributed by atoms with van der Waals surface area (Å²) in [6, 6.07) is 13.5. The Morgan fingerprint density at radius 3 is 2.82 bits per heavy atom. The molecule has 7 heteroatoms. The highest BCUT2D eigenvalue weighted by Gasteiger charge is 2.21. The van der Waals surface area contributed by atoms with E-state index in [-0.39, 0.29) is 12.1 Å². The molecule has 0 atom stereocenters. The molecule has 0 radical (unpaired) electrons. The quantitative estimate of drug-likeness (QED) is 0.573. The van der Waals surface area contributed by atoms with Crippen LogP contribution in [-0.4, -0.2) is 40.6 Å². The second kappa shape index (κ2) is 9.48. The lowest BCUT2D eigenvalue weighted by Gasteiger charge is -2.23. The Bertz CT molecular complexity index is 945. The third kappa shape index (κ3) is 4.97. The summed E-state index contributed by atoms with van der Waals surface area (Å²) < 4.78 is 21.2. The number of nitrogens with zero attached hydrogens (tertiary/aromatic N) is 3. The van der Waals surface area contributed by atoms with Gasteiger partial charge in [0.2, 0.25) is 0 Å². The fourth-order valence-electron chi connectivity index (χ4n) is 2.90. The molecule has 3 rings (SSSR count). The number of methoxy groups -OCH3 is 1. The van der Waals surface area contributed by atoms with Crippen molar-refractivity contribution < 1.29 is 13.9 Å². The molecule has 1 aromatic heterocycles. The molecule has 0 aliphatic carbocycles. The van der Waals surface area contributed by atoms with Crippen LogP contribution in [0.5, 0.6) is 0 Å². The zero-order chi connectivity index (χ0) is 19.9. The highest BCUT2D eigenvalue weighted by atomic mass is 35.5. The number of hydrogen-bond donors (Lipinski definition) is 0. The van der Waals surface area contributed by atoms with Crippen molar-refractivity contribution in [1.29, 1.82) is 0 Å². The summed E-state index contributed by atoms with van der Waals surface area (Å²) in [5.41, 5.74) is 1.06. The van der Waals surface area contributed by atoms with Gasteiger partial charge in [0.05, 0.1) is 18.7 Å². The van der Waals surface area contributed by atoms with Crippen LogP contribution in [0.15, 0.2) is 60.9 Å². The Morgan fingerprint density at radius 1 is 1.25 bits per heavy atom. The summed E-state index contributed by atoms with van der Waals surface area (Å²) in [5, 5.41) is 0.663. The third-order valence-corrected chi connectivity index (χ3v) is 4.57. The fourth-order valence-corrected chi connectivity index (χ4v) is 3.11. The summed E-state index contributed by atoms with van der Waals surface area (Å²) in [4.78, 5) is 18.8. The van der Waals surface area contributed by atoms with E-state index in [0.29, 0.717) is 30.5 Å². The molecule has 146 valence electrons. The van der Waals surface area contributed by atoms with Crippen LogP contribution in [0.25, 0.3) is 0 Å². The first kappa shape index (κ1) is 20.0. The molecule has 0 spiro atoms. The predicted octanol–water partition coefficient (Wildman–Crippen LogP) is 4.01. The molecule has 3 aromatic rings. The van der Waals surface area contributed by atoms with Gasteiger partial charge >= 0.3 is 0 Å². The van der Waals surface area contributed by atoms with E-state index in [1.165, 1.54) is 12.1 Å². The van der Waals surface area contributed by atoms with Gasteiger partial charge in [0.15, 0.2) is 0 Å². The minimum absolute atomic E-state index is 0.0338. The topological polar surface area (TPSA) is 47.4 Å². The maximum atomic E-state index is 14.1. The van der Waals surface area contributed by atoms with Crippen LogP contribution in [0.1, 0.15) is 21.7 Å². The standard InChI is InChI=1S/C21H21ClFN3O2/c1-28-12-11-26(21(27)18-7-2-3-8-19(18)23)15-20-24-9-10-25(20)14-16-5-4-6-17(22)13-16/h2-10,13H,11-12,14-15H2,1H3. The van der Waals surface area contributed by atoms with Gasteiger partial charge in [-0.25, -0.2) is 9.37 Å². The van der Waals surface area contributed by atoms with Crippen LogP contribution < -0.4 is 0 Å². The molecular weight excluding hydrogens is 381 g/mol. The molecule has 0 saturated carbocycles. The predicted molar refractivity (Wildman–Crippen MR) is 106 cm³/mol. The molecule has 0 N–H and O–H groups in total. The number of carbonyl (C=O) groups is 1. The van der Waals surface area contributed by atoms with Crippen LogP contribution in [0.4, 0.5) is 4.39 Å². The molecule has 0 saturated heterocycles. The number of aromatic nitrogens is 2. The fraction of sp³-hybridized carbons (Fsp3) is 0.238. The molecule has 0 bridgehead atoms. The van der Waals surface area contributed by atoms with Gasteiger partial charge in [-0.1, -0.05) is 35.9 Å². The van der Waals surface area contributed by atoms with E-state index in [1.54, 1.807) is 30.3 Å². The maximum Gasteiger partial charge on any atom is 0.257 e. The van der Waals surface area contributed by atoms with E-state index in [0.717, 1.165) is 5.56 Å². The minimum atomic E-state index is -0.544. The van der Waals surface area contributed by atoms with Gasteiger partial charge in [0, 0.05) is 37.6 Å². The highest BCUT2D eigenvalue weighted by molar-refractivity contribution is 6.30. The van der Waals surface area contributed by atoms with Crippen molar-refractivity contribution >= 4 is 17.5 Å². The molecular formula is C21H21ClFN3O2. The molecule has 0 aliphatic rings. The normalized spacial score (nSPS) is 10.8. The lowest BCUT2D eigenvalue weighted by Crippen LogP contribution is -2.35. The lowest BCUT2D eigenvalue weighted by molar-refractivity contribution is 0.0668. The summed E-state index contributed by atoms with van der Waals surface area (Å²) in [6.45, 7) is 1.48. The molecule has 0 unspecified atom stereocenters. The van der Waals surface area contributed by atoms with E-state index in [9.17, 15) is 9.18 Å². The van der Waals surface area contributed by atoms with Gasteiger partial charge in [0.1, 0.15) is 11.6 Å². The van der Waals surface area contributed by atoms with Crippen LogP contribution in [0.3, 0.4) is 0 Å². The maximum absolute atomic E-state index is 14.1. The minimum Gasteiger partial charge on any atom is -0.383 e. The average Bonchev–Trinajstić information content (AvgIpc) is 3.11. The zero-order valence-corrected chi connectivity index (χ0v) is 16.3. The van der Waals surface area contributed by atoms with E-state index in [1.807, 2.05) is 35.0 Å². The van der Waals surface area contributed by atoms with E-state index < -0.39 is 11.7 Å². The number of hydrogen-bond acceptors (Lipinski definition) is 3. The van der Waals surface area contributed by atoms with Crippen molar-refractivity contribution in [2.75, 3.05) is 20.3 Å². The highest BCUT2D eigenvalue weighted by Crippen LogP contribution is 2.15. The first-order valence-electron chi connectivity index (χ1n) is 8.85. The van der Waals surface area contributed by atoms with Crippen LogP contribution in [0, 0.1) is 5.82 Å². The number of carbonyl (C=O) groups excluding carboxylic acids is 1. The van der Waals surface area contributed by atoms with Crippen LogP contribution in [-0.2, 0) is 17.8 Å². The van der Waals surface area contributed by atoms with Gasteiger partial charge < -0.3 is 14.2 Å². The van der Waals surface area contributed by atoms with Gasteiger partial charge in [-0.15, -0.1) is 0 Å². The Hall–Kier alpha value is -2.70. The summed E-state index contributed by atoms with van der Waals surface area (Å²) >= 11 is 6.06. The third-order valence-electron chi connectivity index (χ3n) is 4.33. The van der Waals surface area contributed by atoms with Gasteiger partial charge in [-0.3, -0.25) is 4.79 Å². The number of rotatable bonds is 8. The van der Waals surface area contributed by atoms with Gasteiger partial charge in [-0.2, -0.15) is 0 Å². The Morgan fingerprint density at radius 2 is 2.07 bits per heavy atom. The van der Waals surface area contributed by atoms with Crippen molar-refractivity contribution in [1.82, 2.24) is 14.5 Å². The molecule has 1 heterocycles. The first-order chi connectivity index (χ1) is 13.6. The van der Waals surface area contributed by atoms with E-state index in [4.69, 9.17) is 16.3 Å². The Labute approximate surface area is 168 Å². The summed E-state index contributed by atoms with van der Waals surface area (Å²) in [5.74, 6) is -0.245. The lowest BCUT2D eigenvalue weighted by atomic mass is 10.2. The molecule has 5 nitrogen and oxygen atoms in total. The smallest absolute Gasteiger partial charge is 0.257 e. The number of amides is 1. The Kier molecular flexibility index (Phi) is 6.79. The zero-order valence-electron chi connectivity index (χ0n) is 15.5. The van der Waals surface area contributed by atoms with Crippen molar-refractivity contribution in [3.63, 3.8) is 0 Å². The van der Waals surface area contributed by atoms with Crippen molar-refractivity contribution in [2.24, 2.45) is 0 Å².